The number of carbonyl (C=O) groups is 1. The highest BCUT2D eigenvalue weighted by molar-refractivity contribution is 7.92. The van der Waals surface area contributed by atoms with Gasteiger partial charge in [0.05, 0.1) is 21.4 Å². The molecule has 140 valence electrons. The quantitative estimate of drug-likeness (QED) is 0.710. The molecule has 1 atom stereocenters. The van der Waals surface area contributed by atoms with E-state index in [1.54, 1.807) is 24.3 Å². The molecule has 0 spiro atoms. The Balaban J connectivity index is 2.06. The van der Waals surface area contributed by atoms with E-state index in [9.17, 15) is 13.2 Å². The van der Waals surface area contributed by atoms with E-state index in [-0.39, 0.29) is 33.3 Å². The zero-order chi connectivity index (χ0) is 19.3. The Hall–Kier alpha value is -1.76. The van der Waals surface area contributed by atoms with Gasteiger partial charge in [-0.25, -0.2) is 8.42 Å². The van der Waals surface area contributed by atoms with Gasteiger partial charge in [0.1, 0.15) is 0 Å². The van der Waals surface area contributed by atoms with Gasteiger partial charge < -0.3 is 5.32 Å². The van der Waals surface area contributed by atoms with Crippen LogP contribution in [0.15, 0.2) is 47.4 Å². The first kappa shape index (κ1) is 20.6. The number of hydrogen-bond donors (Lipinski definition) is 2. The summed E-state index contributed by atoms with van der Waals surface area (Å²) in [5.41, 5.74) is 1.19. The molecule has 1 amide bonds. The molecular formula is C18H20Cl2N2O3S. The minimum absolute atomic E-state index is 0.0175. The number of nitrogens with one attached hydrogen (secondary N) is 2. The number of hydrogen-bond acceptors (Lipinski definition) is 3. The van der Waals surface area contributed by atoms with Gasteiger partial charge in [0, 0.05) is 11.7 Å². The van der Waals surface area contributed by atoms with Gasteiger partial charge in [-0.05, 0) is 49.2 Å². The molecule has 2 rings (SSSR count). The van der Waals surface area contributed by atoms with Crippen molar-refractivity contribution in [2.24, 2.45) is 0 Å². The highest BCUT2D eigenvalue weighted by Gasteiger charge is 2.16. The normalized spacial score (nSPS) is 12.5. The Kier molecular flexibility index (Phi) is 6.92. The standard InChI is InChI=1S/C18H20Cl2N2O3S/c1-3-12(2)21-18(23)10-13-4-6-14(7-5-13)22-26(24,25)15-8-9-16(19)17(20)11-15/h4-9,11-12,22H,3,10H2,1-2H3,(H,21,23). The second kappa shape index (κ2) is 8.75. The molecule has 0 aliphatic heterocycles. The van der Waals surface area contributed by atoms with Crippen LogP contribution >= 0.6 is 23.2 Å². The number of rotatable bonds is 7. The Morgan fingerprint density at radius 2 is 1.73 bits per heavy atom. The second-order valence-corrected chi connectivity index (χ2v) is 8.43. The summed E-state index contributed by atoms with van der Waals surface area (Å²) in [5.74, 6) is -0.0662. The van der Waals surface area contributed by atoms with Crippen LogP contribution in [0.5, 0.6) is 0 Å². The molecule has 2 aromatic carbocycles. The highest BCUT2D eigenvalue weighted by atomic mass is 35.5. The third kappa shape index (κ3) is 5.62. The summed E-state index contributed by atoms with van der Waals surface area (Å²) in [7, 11) is -3.78. The zero-order valence-corrected chi connectivity index (χ0v) is 16.8. The molecule has 2 aromatic rings. The maximum atomic E-state index is 12.4. The number of anilines is 1. The predicted octanol–water partition coefficient (Wildman–Crippen LogP) is 4.25. The van der Waals surface area contributed by atoms with Gasteiger partial charge in [-0.3, -0.25) is 9.52 Å². The lowest BCUT2D eigenvalue weighted by Crippen LogP contribution is -2.33. The minimum atomic E-state index is -3.78. The molecule has 0 aliphatic rings. The van der Waals surface area contributed by atoms with E-state index >= 15 is 0 Å². The van der Waals surface area contributed by atoms with Crippen LogP contribution in [-0.4, -0.2) is 20.4 Å². The van der Waals surface area contributed by atoms with Crippen LogP contribution in [0.25, 0.3) is 0 Å². The van der Waals surface area contributed by atoms with Crippen molar-refractivity contribution in [1.29, 1.82) is 0 Å². The van der Waals surface area contributed by atoms with Crippen molar-refractivity contribution in [3.63, 3.8) is 0 Å². The van der Waals surface area contributed by atoms with Crippen LogP contribution < -0.4 is 10.0 Å². The highest BCUT2D eigenvalue weighted by Crippen LogP contribution is 2.26. The molecule has 2 N–H and O–H groups in total. The first-order valence-corrected chi connectivity index (χ1v) is 10.3. The van der Waals surface area contributed by atoms with Gasteiger partial charge in [0.25, 0.3) is 10.0 Å². The summed E-state index contributed by atoms with van der Waals surface area (Å²) in [6.07, 6.45) is 1.10. The summed E-state index contributed by atoms with van der Waals surface area (Å²) < 4.78 is 27.3. The Morgan fingerprint density at radius 1 is 1.08 bits per heavy atom. The molecule has 8 heteroatoms. The molecule has 5 nitrogen and oxygen atoms in total. The topological polar surface area (TPSA) is 75.3 Å². The Labute approximate surface area is 163 Å². The van der Waals surface area contributed by atoms with Gasteiger partial charge in [-0.1, -0.05) is 42.3 Å². The summed E-state index contributed by atoms with van der Waals surface area (Å²) in [5, 5.41) is 3.34. The fraction of sp³-hybridized carbons (Fsp3) is 0.278. The monoisotopic (exact) mass is 414 g/mol. The third-order valence-electron chi connectivity index (χ3n) is 3.79. The maximum absolute atomic E-state index is 12.4. The summed E-state index contributed by atoms with van der Waals surface area (Å²) in [6, 6.07) is 10.9. The molecule has 1 unspecified atom stereocenters. The van der Waals surface area contributed by atoms with Crippen LogP contribution in [-0.2, 0) is 21.2 Å². The molecule has 0 aliphatic carbocycles. The molecule has 0 fully saturated rings. The first-order valence-electron chi connectivity index (χ1n) is 8.07. The Bertz CT molecular complexity index is 884. The molecule has 0 saturated heterocycles. The number of sulfonamides is 1. The van der Waals surface area contributed by atoms with Crippen LogP contribution in [0.2, 0.25) is 10.0 Å². The van der Waals surface area contributed by atoms with E-state index in [0.717, 1.165) is 12.0 Å². The van der Waals surface area contributed by atoms with E-state index in [2.05, 4.69) is 10.0 Å². The van der Waals surface area contributed by atoms with Crippen molar-refractivity contribution in [3.05, 3.63) is 58.1 Å². The SMILES string of the molecule is CCC(C)NC(=O)Cc1ccc(NS(=O)(=O)c2ccc(Cl)c(Cl)c2)cc1. The minimum Gasteiger partial charge on any atom is -0.353 e. The van der Waals surface area contributed by atoms with Crippen LogP contribution in [0.1, 0.15) is 25.8 Å². The lowest BCUT2D eigenvalue weighted by atomic mass is 10.1. The van der Waals surface area contributed by atoms with E-state index in [0.29, 0.717) is 5.69 Å². The van der Waals surface area contributed by atoms with Gasteiger partial charge in [0.2, 0.25) is 5.91 Å². The van der Waals surface area contributed by atoms with E-state index < -0.39 is 10.0 Å². The number of benzene rings is 2. The maximum Gasteiger partial charge on any atom is 0.261 e. The van der Waals surface area contributed by atoms with Gasteiger partial charge in [-0.15, -0.1) is 0 Å². The summed E-state index contributed by atoms with van der Waals surface area (Å²) >= 11 is 11.7. The molecular weight excluding hydrogens is 395 g/mol. The molecule has 26 heavy (non-hydrogen) atoms. The second-order valence-electron chi connectivity index (χ2n) is 5.93. The average molecular weight is 415 g/mol. The van der Waals surface area contributed by atoms with Crippen LogP contribution in [0, 0.1) is 0 Å². The molecule has 0 saturated carbocycles. The van der Waals surface area contributed by atoms with E-state index in [4.69, 9.17) is 23.2 Å². The van der Waals surface area contributed by atoms with Gasteiger partial charge in [-0.2, -0.15) is 0 Å². The predicted molar refractivity (Wildman–Crippen MR) is 105 cm³/mol. The number of amides is 1. The molecule has 0 heterocycles. The average Bonchev–Trinajstić information content (AvgIpc) is 2.58. The van der Waals surface area contributed by atoms with Crippen molar-refractivity contribution >= 4 is 44.8 Å². The van der Waals surface area contributed by atoms with Crippen LogP contribution in [0.4, 0.5) is 5.69 Å². The fourth-order valence-corrected chi connectivity index (χ4v) is 3.61. The largest absolute Gasteiger partial charge is 0.353 e. The first-order chi connectivity index (χ1) is 12.2. The number of halogens is 2. The van der Waals surface area contributed by atoms with Gasteiger partial charge in [0.15, 0.2) is 0 Å². The van der Waals surface area contributed by atoms with Crippen molar-refractivity contribution in [2.45, 2.75) is 37.6 Å². The van der Waals surface area contributed by atoms with Gasteiger partial charge >= 0.3 is 0 Å². The number of carbonyl (C=O) groups excluding carboxylic acids is 1. The van der Waals surface area contributed by atoms with Crippen molar-refractivity contribution < 1.29 is 13.2 Å². The molecule has 0 bridgehead atoms. The third-order valence-corrected chi connectivity index (χ3v) is 5.91. The van der Waals surface area contributed by atoms with E-state index in [1.165, 1.54) is 18.2 Å². The summed E-state index contributed by atoms with van der Waals surface area (Å²) in [4.78, 5) is 11.9. The van der Waals surface area contributed by atoms with Crippen LogP contribution in [0.3, 0.4) is 0 Å². The lowest BCUT2D eigenvalue weighted by Gasteiger charge is -2.12. The van der Waals surface area contributed by atoms with Crippen molar-refractivity contribution in [2.75, 3.05) is 4.72 Å². The molecule has 0 aromatic heterocycles. The molecule has 0 radical (unpaired) electrons. The van der Waals surface area contributed by atoms with E-state index in [1.807, 2.05) is 13.8 Å². The van der Waals surface area contributed by atoms with Crippen molar-refractivity contribution in [1.82, 2.24) is 5.32 Å². The Morgan fingerprint density at radius 3 is 2.31 bits per heavy atom. The lowest BCUT2D eigenvalue weighted by molar-refractivity contribution is -0.121. The zero-order valence-electron chi connectivity index (χ0n) is 14.4. The summed E-state index contributed by atoms with van der Waals surface area (Å²) in [6.45, 7) is 3.94. The van der Waals surface area contributed by atoms with Crippen molar-refractivity contribution in [3.8, 4) is 0 Å². The fourth-order valence-electron chi connectivity index (χ4n) is 2.16. The smallest absolute Gasteiger partial charge is 0.261 e.